The molecule has 2 rings (SSSR count). The summed E-state index contributed by atoms with van der Waals surface area (Å²) in [6.45, 7) is 3.69. The molecule has 0 aliphatic heterocycles. The summed E-state index contributed by atoms with van der Waals surface area (Å²) in [5, 5.41) is 0. The van der Waals surface area contributed by atoms with E-state index in [1.165, 1.54) is 44.9 Å². The van der Waals surface area contributed by atoms with Crippen molar-refractivity contribution in [3.8, 4) is 0 Å². The summed E-state index contributed by atoms with van der Waals surface area (Å²) in [6.07, 6.45) is 9.97. The van der Waals surface area contributed by atoms with E-state index in [9.17, 15) is 0 Å². The van der Waals surface area contributed by atoms with Gasteiger partial charge in [0.25, 0.3) is 0 Å². The second kappa shape index (κ2) is 3.59. The maximum Gasteiger partial charge on any atom is 0.0520 e. The molecule has 0 heterocycles. The summed E-state index contributed by atoms with van der Waals surface area (Å²) in [5.74, 6) is 2.01. The minimum atomic E-state index is 0.615. The monoisotopic (exact) mass is 165 g/mol. The van der Waals surface area contributed by atoms with E-state index < -0.39 is 0 Å². The van der Waals surface area contributed by atoms with Gasteiger partial charge in [0.05, 0.1) is 6.04 Å². The Balaban J connectivity index is 1.58. The maximum absolute atomic E-state index is 4.22. The van der Waals surface area contributed by atoms with Gasteiger partial charge in [0.1, 0.15) is 0 Å². The summed E-state index contributed by atoms with van der Waals surface area (Å²) in [6, 6.07) is 0.615. The fraction of sp³-hybridized carbons (Fsp3) is 0.909. The zero-order valence-corrected chi connectivity index (χ0v) is 7.84. The van der Waals surface area contributed by atoms with Gasteiger partial charge in [0.15, 0.2) is 0 Å². The van der Waals surface area contributed by atoms with Crippen LogP contribution in [-0.4, -0.2) is 12.8 Å². The van der Waals surface area contributed by atoms with Crippen molar-refractivity contribution in [2.45, 2.75) is 51.0 Å². The van der Waals surface area contributed by atoms with Crippen molar-refractivity contribution in [2.24, 2.45) is 16.8 Å². The van der Waals surface area contributed by atoms with Crippen LogP contribution >= 0.6 is 0 Å². The molecule has 68 valence electrons. The van der Waals surface area contributed by atoms with E-state index in [-0.39, 0.29) is 0 Å². The Morgan fingerprint density at radius 3 is 2.50 bits per heavy atom. The molecule has 0 spiro atoms. The van der Waals surface area contributed by atoms with Gasteiger partial charge in [-0.05, 0) is 37.8 Å². The summed E-state index contributed by atoms with van der Waals surface area (Å²) < 4.78 is 0. The van der Waals surface area contributed by atoms with Gasteiger partial charge < -0.3 is 0 Å². The molecule has 2 aliphatic rings. The van der Waals surface area contributed by atoms with Crippen molar-refractivity contribution in [2.75, 3.05) is 0 Å². The van der Waals surface area contributed by atoms with E-state index in [4.69, 9.17) is 0 Å². The quantitative estimate of drug-likeness (QED) is 0.536. The molecular formula is C11H19N. The SMILES string of the molecule is C=N[C@H](CCCC1CC1)C1CC1. The molecule has 12 heavy (non-hydrogen) atoms. The zero-order valence-electron chi connectivity index (χ0n) is 7.84. The summed E-state index contributed by atoms with van der Waals surface area (Å²) in [7, 11) is 0. The first kappa shape index (κ1) is 8.28. The van der Waals surface area contributed by atoms with Crippen LogP contribution in [0.5, 0.6) is 0 Å². The first-order valence-electron chi connectivity index (χ1n) is 5.36. The van der Waals surface area contributed by atoms with Gasteiger partial charge in [0, 0.05) is 0 Å². The molecule has 1 atom stereocenters. The van der Waals surface area contributed by atoms with E-state index in [0.717, 1.165) is 11.8 Å². The van der Waals surface area contributed by atoms with Crippen LogP contribution in [0, 0.1) is 11.8 Å². The van der Waals surface area contributed by atoms with Crippen molar-refractivity contribution >= 4 is 6.72 Å². The third kappa shape index (κ3) is 2.33. The van der Waals surface area contributed by atoms with Crippen LogP contribution in [0.25, 0.3) is 0 Å². The lowest BCUT2D eigenvalue weighted by atomic mass is 10.0. The predicted octanol–water partition coefficient (Wildman–Crippen LogP) is 3.05. The summed E-state index contributed by atoms with van der Waals surface area (Å²) in [4.78, 5) is 4.22. The Labute approximate surface area is 75.3 Å². The van der Waals surface area contributed by atoms with Gasteiger partial charge >= 0.3 is 0 Å². The molecular weight excluding hydrogens is 146 g/mol. The van der Waals surface area contributed by atoms with Gasteiger partial charge in [0.2, 0.25) is 0 Å². The van der Waals surface area contributed by atoms with Crippen LogP contribution in [0.15, 0.2) is 4.99 Å². The van der Waals surface area contributed by atoms with E-state index in [0.29, 0.717) is 6.04 Å². The Hall–Kier alpha value is -0.330. The van der Waals surface area contributed by atoms with Crippen LogP contribution in [0.2, 0.25) is 0 Å². The molecule has 2 saturated carbocycles. The molecule has 0 aromatic rings. The van der Waals surface area contributed by atoms with E-state index in [1.807, 2.05) is 0 Å². The molecule has 0 saturated heterocycles. The van der Waals surface area contributed by atoms with E-state index in [1.54, 1.807) is 0 Å². The lowest BCUT2D eigenvalue weighted by molar-refractivity contribution is 0.507. The van der Waals surface area contributed by atoms with Gasteiger partial charge in [-0.25, -0.2) is 0 Å². The van der Waals surface area contributed by atoms with E-state index >= 15 is 0 Å². The Morgan fingerprint density at radius 1 is 1.25 bits per heavy atom. The standard InChI is InChI=1S/C11H19N/c1-12-11(10-7-8-10)4-2-3-9-5-6-9/h9-11H,1-8H2/t11-/m1/s1. The van der Waals surface area contributed by atoms with Crippen molar-refractivity contribution in [1.82, 2.24) is 0 Å². The Morgan fingerprint density at radius 2 is 2.00 bits per heavy atom. The van der Waals surface area contributed by atoms with Gasteiger partial charge in [-0.15, -0.1) is 0 Å². The van der Waals surface area contributed by atoms with Crippen molar-refractivity contribution in [3.63, 3.8) is 0 Å². The van der Waals surface area contributed by atoms with Gasteiger partial charge in [-0.3, -0.25) is 4.99 Å². The smallest absolute Gasteiger partial charge is 0.0520 e. The van der Waals surface area contributed by atoms with E-state index in [2.05, 4.69) is 11.7 Å². The number of rotatable bonds is 6. The molecule has 0 unspecified atom stereocenters. The summed E-state index contributed by atoms with van der Waals surface area (Å²) >= 11 is 0. The first-order chi connectivity index (χ1) is 5.90. The second-order valence-corrected chi connectivity index (χ2v) is 4.46. The topological polar surface area (TPSA) is 12.4 Å². The largest absolute Gasteiger partial charge is 0.297 e. The molecule has 0 aromatic carbocycles. The molecule has 0 bridgehead atoms. The van der Waals surface area contributed by atoms with Crippen LogP contribution in [0.1, 0.15) is 44.9 Å². The second-order valence-electron chi connectivity index (χ2n) is 4.46. The molecule has 0 amide bonds. The summed E-state index contributed by atoms with van der Waals surface area (Å²) in [5.41, 5.74) is 0. The average molecular weight is 165 g/mol. The number of hydrogen-bond acceptors (Lipinski definition) is 1. The van der Waals surface area contributed by atoms with Crippen LogP contribution in [-0.2, 0) is 0 Å². The lowest BCUT2D eigenvalue weighted by Crippen LogP contribution is -2.06. The van der Waals surface area contributed by atoms with Gasteiger partial charge in [-0.2, -0.15) is 0 Å². The lowest BCUT2D eigenvalue weighted by Gasteiger charge is -2.09. The van der Waals surface area contributed by atoms with Crippen LogP contribution in [0.3, 0.4) is 0 Å². The Bertz CT molecular complexity index is 156. The fourth-order valence-electron chi connectivity index (χ4n) is 1.98. The molecule has 0 N–H and O–H groups in total. The molecule has 1 nitrogen and oxygen atoms in total. The fourth-order valence-corrected chi connectivity index (χ4v) is 1.98. The molecule has 2 aliphatic carbocycles. The molecule has 2 fully saturated rings. The zero-order chi connectivity index (χ0) is 8.39. The van der Waals surface area contributed by atoms with Crippen LogP contribution in [0.4, 0.5) is 0 Å². The molecule has 0 radical (unpaired) electrons. The van der Waals surface area contributed by atoms with Crippen molar-refractivity contribution in [3.05, 3.63) is 0 Å². The van der Waals surface area contributed by atoms with Crippen molar-refractivity contribution < 1.29 is 0 Å². The normalized spacial score (nSPS) is 25.3. The third-order valence-electron chi connectivity index (χ3n) is 3.21. The highest BCUT2D eigenvalue weighted by molar-refractivity contribution is 5.24. The number of hydrogen-bond donors (Lipinski definition) is 0. The highest BCUT2D eigenvalue weighted by atomic mass is 14.8. The minimum absolute atomic E-state index is 0.615. The first-order valence-corrected chi connectivity index (χ1v) is 5.36. The maximum atomic E-state index is 4.22. The third-order valence-corrected chi connectivity index (χ3v) is 3.21. The van der Waals surface area contributed by atoms with Gasteiger partial charge in [-0.1, -0.05) is 25.7 Å². The van der Waals surface area contributed by atoms with Crippen LogP contribution < -0.4 is 0 Å². The molecule has 0 aromatic heterocycles. The average Bonchev–Trinajstić information content (AvgIpc) is 2.87. The Kier molecular flexibility index (Phi) is 2.48. The number of aliphatic imine (C=N–C) groups is 1. The minimum Gasteiger partial charge on any atom is -0.297 e. The highest BCUT2D eigenvalue weighted by Gasteiger charge is 2.30. The predicted molar refractivity (Wildman–Crippen MR) is 52.6 cm³/mol. The molecule has 1 heteroatoms. The highest BCUT2D eigenvalue weighted by Crippen LogP contribution is 2.38. The van der Waals surface area contributed by atoms with Crippen molar-refractivity contribution in [1.29, 1.82) is 0 Å². The number of nitrogens with zero attached hydrogens (tertiary/aromatic N) is 1.